The molecule has 0 aromatic heterocycles. The lowest BCUT2D eigenvalue weighted by Crippen LogP contribution is -2.34. The van der Waals surface area contributed by atoms with Gasteiger partial charge in [-0.3, -0.25) is 9.69 Å². The minimum atomic E-state index is -0.253. The number of hydrogen-bond donors (Lipinski definition) is 1. The van der Waals surface area contributed by atoms with Gasteiger partial charge in [-0.05, 0) is 14.0 Å². The normalized spacial score (nSPS) is 9.92. The number of thiocarbonyl (C=S) groups is 1. The standard InChI is InChI=1S/C7H14N2O2S/c1-3-11-7(10)5-9(2)4-6(8)12/h3-5H2,1-2H3,(H2,8,12). The number of carbonyl (C=O) groups excluding carboxylic acids is 1. The van der Waals surface area contributed by atoms with Crippen LogP contribution in [0.2, 0.25) is 0 Å². The molecule has 12 heavy (non-hydrogen) atoms. The summed E-state index contributed by atoms with van der Waals surface area (Å²) >= 11 is 4.67. The summed E-state index contributed by atoms with van der Waals surface area (Å²) in [6, 6.07) is 0. The van der Waals surface area contributed by atoms with Crippen molar-refractivity contribution in [3.05, 3.63) is 0 Å². The second kappa shape index (κ2) is 5.91. The second-order valence-electron chi connectivity index (χ2n) is 2.44. The molecule has 70 valence electrons. The summed E-state index contributed by atoms with van der Waals surface area (Å²) in [5.74, 6) is -0.253. The van der Waals surface area contributed by atoms with E-state index in [2.05, 4.69) is 12.2 Å². The molecule has 0 fully saturated rings. The molecular formula is C7H14N2O2S. The Kier molecular flexibility index (Phi) is 5.57. The zero-order valence-corrected chi connectivity index (χ0v) is 8.19. The highest BCUT2D eigenvalue weighted by molar-refractivity contribution is 7.80. The third-order valence-corrected chi connectivity index (χ3v) is 1.26. The summed E-state index contributed by atoms with van der Waals surface area (Å²) in [4.78, 5) is 13.0. The smallest absolute Gasteiger partial charge is 0.320 e. The van der Waals surface area contributed by atoms with Gasteiger partial charge in [0, 0.05) is 6.54 Å². The van der Waals surface area contributed by atoms with Gasteiger partial charge in [-0.1, -0.05) is 12.2 Å². The van der Waals surface area contributed by atoms with Crippen molar-refractivity contribution in [2.24, 2.45) is 5.73 Å². The molecule has 5 heteroatoms. The van der Waals surface area contributed by atoms with Gasteiger partial charge in [0.15, 0.2) is 0 Å². The summed E-state index contributed by atoms with van der Waals surface area (Å²) in [5, 5.41) is 0. The van der Waals surface area contributed by atoms with Crippen molar-refractivity contribution in [3.63, 3.8) is 0 Å². The highest BCUT2D eigenvalue weighted by Gasteiger charge is 2.06. The Labute approximate surface area is 77.7 Å². The number of hydrogen-bond acceptors (Lipinski definition) is 4. The average Bonchev–Trinajstić information content (AvgIpc) is 1.84. The predicted octanol–water partition coefficient (Wildman–Crippen LogP) is -0.233. The topological polar surface area (TPSA) is 55.6 Å². The molecule has 0 bridgehead atoms. The van der Waals surface area contributed by atoms with Gasteiger partial charge in [0.05, 0.1) is 18.1 Å². The van der Waals surface area contributed by atoms with E-state index >= 15 is 0 Å². The summed E-state index contributed by atoms with van der Waals surface area (Å²) in [6.07, 6.45) is 0. The summed E-state index contributed by atoms with van der Waals surface area (Å²) in [6.45, 7) is 2.84. The largest absolute Gasteiger partial charge is 0.465 e. The van der Waals surface area contributed by atoms with E-state index in [9.17, 15) is 4.79 Å². The van der Waals surface area contributed by atoms with Crippen LogP contribution in [0, 0.1) is 0 Å². The molecule has 0 aromatic rings. The fourth-order valence-electron chi connectivity index (χ4n) is 0.749. The van der Waals surface area contributed by atoms with E-state index in [4.69, 9.17) is 10.5 Å². The maximum Gasteiger partial charge on any atom is 0.320 e. The Morgan fingerprint density at radius 2 is 2.17 bits per heavy atom. The third kappa shape index (κ3) is 6.06. The van der Waals surface area contributed by atoms with Crippen LogP contribution in [0.3, 0.4) is 0 Å². The average molecular weight is 190 g/mol. The lowest BCUT2D eigenvalue weighted by Gasteiger charge is -2.13. The number of nitrogens with zero attached hydrogens (tertiary/aromatic N) is 1. The van der Waals surface area contributed by atoms with Gasteiger partial charge in [0.2, 0.25) is 0 Å². The Bertz CT molecular complexity index is 173. The number of rotatable bonds is 5. The van der Waals surface area contributed by atoms with E-state index < -0.39 is 0 Å². The lowest BCUT2D eigenvalue weighted by atomic mass is 10.5. The first-order valence-electron chi connectivity index (χ1n) is 3.68. The first-order valence-corrected chi connectivity index (χ1v) is 4.09. The molecule has 4 nitrogen and oxygen atoms in total. The van der Waals surface area contributed by atoms with Gasteiger partial charge in [0.25, 0.3) is 0 Å². The first kappa shape index (κ1) is 11.3. The quantitative estimate of drug-likeness (QED) is 0.479. The molecule has 0 rings (SSSR count). The summed E-state index contributed by atoms with van der Waals surface area (Å²) in [5.41, 5.74) is 5.28. The molecule has 0 aliphatic carbocycles. The van der Waals surface area contributed by atoms with Crippen LogP contribution in [0.5, 0.6) is 0 Å². The minimum absolute atomic E-state index is 0.227. The van der Waals surface area contributed by atoms with Crippen LogP contribution < -0.4 is 5.73 Å². The van der Waals surface area contributed by atoms with Crippen LogP contribution in [0.4, 0.5) is 0 Å². The van der Waals surface area contributed by atoms with Crippen molar-refractivity contribution in [2.75, 3.05) is 26.7 Å². The molecule has 0 heterocycles. The van der Waals surface area contributed by atoms with E-state index in [0.717, 1.165) is 0 Å². The summed E-state index contributed by atoms with van der Waals surface area (Å²) < 4.78 is 4.73. The molecule has 0 aliphatic rings. The zero-order chi connectivity index (χ0) is 9.56. The fourth-order valence-corrected chi connectivity index (χ4v) is 0.969. The van der Waals surface area contributed by atoms with E-state index in [0.29, 0.717) is 18.1 Å². The molecule has 0 saturated heterocycles. The molecule has 2 N–H and O–H groups in total. The monoisotopic (exact) mass is 190 g/mol. The van der Waals surface area contributed by atoms with Gasteiger partial charge in [-0.2, -0.15) is 0 Å². The van der Waals surface area contributed by atoms with Crippen molar-refractivity contribution in [1.29, 1.82) is 0 Å². The molecular weight excluding hydrogens is 176 g/mol. The van der Waals surface area contributed by atoms with E-state index in [1.54, 1.807) is 18.9 Å². The minimum Gasteiger partial charge on any atom is -0.465 e. The van der Waals surface area contributed by atoms with Gasteiger partial charge in [-0.15, -0.1) is 0 Å². The van der Waals surface area contributed by atoms with E-state index in [-0.39, 0.29) is 12.5 Å². The van der Waals surface area contributed by atoms with Gasteiger partial charge in [-0.25, -0.2) is 0 Å². The fraction of sp³-hybridized carbons (Fsp3) is 0.714. The van der Waals surface area contributed by atoms with Crippen LogP contribution in [-0.2, 0) is 9.53 Å². The first-order chi connectivity index (χ1) is 5.56. The Hall–Kier alpha value is -0.680. The maximum absolute atomic E-state index is 10.9. The van der Waals surface area contributed by atoms with Gasteiger partial charge < -0.3 is 10.5 Å². The molecule has 0 amide bonds. The van der Waals surface area contributed by atoms with Crippen LogP contribution in [0.1, 0.15) is 6.92 Å². The predicted molar refractivity (Wildman–Crippen MR) is 50.9 cm³/mol. The molecule has 0 saturated carbocycles. The van der Waals surface area contributed by atoms with Crippen LogP contribution in [0.25, 0.3) is 0 Å². The second-order valence-corrected chi connectivity index (χ2v) is 2.97. The number of carbonyl (C=O) groups is 1. The van der Waals surface area contributed by atoms with Gasteiger partial charge >= 0.3 is 5.97 Å². The highest BCUT2D eigenvalue weighted by atomic mass is 32.1. The van der Waals surface area contributed by atoms with Crippen LogP contribution in [0.15, 0.2) is 0 Å². The van der Waals surface area contributed by atoms with Crippen molar-refractivity contribution >= 4 is 23.2 Å². The van der Waals surface area contributed by atoms with Crippen molar-refractivity contribution in [1.82, 2.24) is 4.90 Å². The zero-order valence-electron chi connectivity index (χ0n) is 7.37. The molecule has 0 aliphatic heterocycles. The Morgan fingerprint density at radius 1 is 1.58 bits per heavy atom. The van der Waals surface area contributed by atoms with Gasteiger partial charge in [0.1, 0.15) is 0 Å². The molecule has 0 unspecified atom stereocenters. The summed E-state index contributed by atoms with van der Waals surface area (Å²) in [7, 11) is 1.76. The number of nitrogens with two attached hydrogens (primary N) is 1. The molecule has 0 aromatic carbocycles. The van der Waals surface area contributed by atoms with Crippen LogP contribution in [-0.4, -0.2) is 42.6 Å². The van der Waals surface area contributed by atoms with E-state index in [1.165, 1.54) is 0 Å². The lowest BCUT2D eigenvalue weighted by molar-refractivity contribution is -0.143. The van der Waals surface area contributed by atoms with Crippen LogP contribution >= 0.6 is 12.2 Å². The number of likely N-dealkylation sites (N-methyl/N-ethyl adjacent to an activating group) is 1. The van der Waals surface area contributed by atoms with Crippen molar-refractivity contribution in [2.45, 2.75) is 6.92 Å². The molecule has 0 radical (unpaired) electrons. The maximum atomic E-state index is 10.9. The third-order valence-electron chi connectivity index (χ3n) is 1.13. The Balaban J connectivity index is 3.61. The molecule has 0 spiro atoms. The molecule has 0 atom stereocenters. The van der Waals surface area contributed by atoms with Crippen molar-refractivity contribution in [3.8, 4) is 0 Å². The SMILES string of the molecule is CCOC(=O)CN(C)CC(N)=S. The number of ether oxygens (including phenoxy) is 1. The Morgan fingerprint density at radius 3 is 2.58 bits per heavy atom. The number of esters is 1. The van der Waals surface area contributed by atoms with Crippen molar-refractivity contribution < 1.29 is 9.53 Å². The highest BCUT2D eigenvalue weighted by Crippen LogP contribution is 1.85. The van der Waals surface area contributed by atoms with E-state index in [1.807, 2.05) is 0 Å².